The highest BCUT2D eigenvalue weighted by Crippen LogP contribution is 2.48. The second kappa shape index (κ2) is 7.35. The smallest absolute Gasteiger partial charge is 0.0638 e. The fraction of sp³-hybridized carbons (Fsp3) is 0.417. The van der Waals surface area contributed by atoms with Crippen LogP contribution in [-0.2, 0) is 0 Å². The minimum atomic E-state index is 0.219. The summed E-state index contributed by atoms with van der Waals surface area (Å²) in [6, 6.07) is 0. The Morgan fingerprint density at radius 3 is 1.52 bits per heavy atom. The molecule has 0 N–H and O–H groups in total. The van der Waals surface area contributed by atoms with Crippen LogP contribution in [0.3, 0.4) is 0 Å². The molecule has 27 heavy (non-hydrogen) atoms. The van der Waals surface area contributed by atoms with Crippen molar-refractivity contribution in [2.45, 2.75) is 55.4 Å². The number of allylic oxidation sites excluding steroid dienone is 4. The molecule has 3 heteroatoms. The van der Waals surface area contributed by atoms with Crippen LogP contribution in [0.5, 0.6) is 0 Å². The molecule has 0 saturated carbocycles. The van der Waals surface area contributed by atoms with E-state index in [1.165, 1.54) is 39.7 Å². The largest absolute Gasteiger partial charge is 0.133 e. The lowest BCUT2D eigenvalue weighted by Crippen LogP contribution is -1.97. The van der Waals surface area contributed by atoms with E-state index in [9.17, 15) is 0 Å². The standard InChI is InChI=1S/C24H30S3/c1-15-17(11-9-10-13-23(3,4)5)25-21-19(15)27-20-16(2)18(26-22(20)21)12-14-24(6,7)8/h9-14H,1-8H3/b11-9+,13-10+,14-12+. The Hall–Kier alpha value is -1.16. The van der Waals surface area contributed by atoms with E-state index in [2.05, 4.69) is 91.8 Å². The van der Waals surface area contributed by atoms with Crippen LogP contribution >= 0.6 is 34.0 Å². The quantitative estimate of drug-likeness (QED) is 0.374. The van der Waals surface area contributed by atoms with Gasteiger partial charge in [0.2, 0.25) is 0 Å². The lowest BCUT2D eigenvalue weighted by molar-refractivity contribution is 0.544. The van der Waals surface area contributed by atoms with Gasteiger partial charge in [0.25, 0.3) is 0 Å². The molecular formula is C24H30S3. The van der Waals surface area contributed by atoms with E-state index in [4.69, 9.17) is 0 Å². The average molecular weight is 415 g/mol. The number of aryl methyl sites for hydroxylation is 2. The molecule has 0 bridgehead atoms. The van der Waals surface area contributed by atoms with Crippen molar-refractivity contribution in [2.24, 2.45) is 10.8 Å². The molecule has 0 aliphatic rings. The van der Waals surface area contributed by atoms with E-state index >= 15 is 0 Å². The van der Waals surface area contributed by atoms with Gasteiger partial charge < -0.3 is 0 Å². The fourth-order valence-corrected chi connectivity index (χ4v) is 7.05. The summed E-state index contributed by atoms with van der Waals surface area (Å²) in [6.45, 7) is 18.0. The molecule has 0 saturated heterocycles. The molecule has 0 unspecified atom stereocenters. The zero-order valence-electron chi connectivity index (χ0n) is 17.7. The molecule has 3 rings (SSSR count). The zero-order valence-corrected chi connectivity index (χ0v) is 20.1. The van der Waals surface area contributed by atoms with Gasteiger partial charge in [0.1, 0.15) is 0 Å². The Bertz CT molecular complexity index is 1050. The molecule has 0 spiro atoms. The highest BCUT2D eigenvalue weighted by atomic mass is 32.1. The van der Waals surface area contributed by atoms with Crippen molar-refractivity contribution in [3.05, 3.63) is 45.2 Å². The zero-order chi connectivity index (χ0) is 20.0. The molecule has 0 atom stereocenters. The van der Waals surface area contributed by atoms with Crippen LogP contribution in [0.2, 0.25) is 0 Å². The summed E-state index contributed by atoms with van der Waals surface area (Å²) in [7, 11) is 0. The SMILES string of the molecule is Cc1c(/C=C/C=C/C(C)(C)C)sc2c1sc1c(C)c(/C=C/C(C)(C)C)sc12. The van der Waals surface area contributed by atoms with Gasteiger partial charge in [-0.3, -0.25) is 0 Å². The fourth-order valence-electron chi connectivity index (χ4n) is 2.81. The minimum absolute atomic E-state index is 0.219. The van der Waals surface area contributed by atoms with Gasteiger partial charge in [0.15, 0.2) is 0 Å². The van der Waals surface area contributed by atoms with Crippen molar-refractivity contribution in [3.8, 4) is 0 Å². The number of fused-ring (bicyclic) bond motifs is 3. The summed E-state index contributed by atoms with van der Waals surface area (Å²) in [5, 5.41) is 0. The normalized spacial score (nSPS) is 14.2. The first-order valence-electron chi connectivity index (χ1n) is 9.46. The topological polar surface area (TPSA) is 0 Å². The summed E-state index contributed by atoms with van der Waals surface area (Å²) in [5.74, 6) is 0. The maximum atomic E-state index is 2.32. The third-order valence-corrected chi connectivity index (χ3v) is 8.72. The van der Waals surface area contributed by atoms with E-state index in [0.29, 0.717) is 0 Å². The first kappa shape index (κ1) is 20.6. The Morgan fingerprint density at radius 1 is 0.556 bits per heavy atom. The van der Waals surface area contributed by atoms with Gasteiger partial charge in [0.05, 0.1) is 18.8 Å². The van der Waals surface area contributed by atoms with Crippen molar-refractivity contribution in [3.63, 3.8) is 0 Å². The van der Waals surface area contributed by atoms with Crippen LogP contribution in [-0.4, -0.2) is 0 Å². The molecule has 0 aliphatic heterocycles. The molecule has 0 aromatic carbocycles. The predicted molar refractivity (Wildman–Crippen MR) is 131 cm³/mol. The van der Waals surface area contributed by atoms with Gasteiger partial charge in [0, 0.05) is 9.75 Å². The second-order valence-electron chi connectivity index (χ2n) is 9.38. The van der Waals surface area contributed by atoms with Crippen LogP contribution in [0.1, 0.15) is 62.4 Å². The molecule has 0 nitrogen and oxygen atoms in total. The third kappa shape index (κ3) is 4.64. The lowest BCUT2D eigenvalue weighted by Gasteiger charge is -2.10. The van der Waals surface area contributed by atoms with Crippen LogP contribution in [0.25, 0.3) is 31.0 Å². The van der Waals surface area contributed by atoms with E-state index in [-0.39, 0.29) is 10.8 Å². The Kier molecular flexibility index (Phi) is 5.60. The van der Waals surface area contributed by atoms with Crippen LogP contribution in [0.4, 0.5) is 0 Å². The summed E-state index contributed by atoms with van der Waals surface area (Å²) < 4.78 is 5.88. The lowest BCUT2D eigenvalue weighted by atomic mass is 9.96. The van der Waals surface area contributed by atoms with Crippen molar-refractivity contribution >= 4 is 65.0 Å². The van der Waals surface area contributed by atoms with Gasteiger partial charge in [-0.2, -0.15) is 0 Å². The van der Waals surface area contributed by atoms with Gasteiger partial charge in [-0.25, -0.2) is 0 Å². The number of hydrogen-bond donors (Lipinski definition) is 0. The molecule has 0 amide bonds. The monoisotopic (exact) mass is 414 g/mol. The first-order valence-corrected chi connectivity index (χ1v) is 11.9. The van der Waals surface area contributed by atoms with Gasteiger partial charge >= 0.3 is 0 Å². The van der Waals surface area contributed by atoms with Crippen molar-refractivity contribution in [2.75, 3.05) is 0 Å². The molecule has 3 aromatic rings. The Morgan fingerprint density at radius 2 is 1.04 bits per heavy atom. The third-order valence-electron chi connectivity index (χ3n) is 4.36. The molecule has 3 aromatic heterocycles. The Balaban J connectivity index is 1.99. The average Bonchev–Trinajstić information content (AvgIpc) is 3.13. The maximum absolute atomic E-state index is 2.32. The highest BCUT2D eigenvalue weighted by molar-refractivity contribution is 7.39. The number of thiophene rings is 3. The second-order valence-corrected chi connectivity index (χ2v) is 12.5. The van der Waals surface area contributed by atoms with Gasteiger partial charge in [-0.05, 0) is 48.0 Å². The van der Waals surface area contributed by atoms with E-state index in [1.54, 1.807) is 0 Å². The molecular weight excluding hydrogens is 384 g/mol. The molecule has 144 valence electrons. The van der Waals surface area contributed by atoms with Crippen molar-refractivity contribution in [1.82, 2.24) is 0 Å². The number of hydrogen-bond acceptors (Lipinski definition) is 3. The summed E-state index contributed by atoms with van der Waals surface area (Å²) in [6.07, 6.45) is 13.5. The van der Waals surface area contributed by atoms with Crippen LogP contribution in [0.15, 0.2) is 24.3 Å². The van der Waals surface area contributed by atoms with Crippen molar-refractivity contribution in [1.29, 1.82) is 0 Å². The minimum Gasteiger partial charge on any atom is -0.133 e. The van der Waals surface area contributed by atoms with E-state index in [0.717, 1.165) is 0 Å². The maximum Gasteiger partial charge on any atom is 0.0638 e. The van der Waals surface area contributed by atoms with E-state index in [1.807, 2.05) is 34.0 Å². The number of rotatable bonds is 3. The summed E-state index contributed by atoms with van der Waals surface area (Å²) in [5.41, 5.74) is 3.31. The molecule has 3 heterocycles. The molecule has 0 radical (unpaired) electrons. The van der Waals surface area contributed by atoms with Gasteiger partial charge in [-0.15, -0.1) is 34.0 Å². The molecule has 0 aliphatic carbocycles. The highest BCUT2D eigenvalue weighted by Gasteiger charge is 2.18. The van der Waals surface area contributed by atoms with Crippen molar-refractivity contribution < 1.29 is 0 Å². The van der Waals surface area contributed by atoms with E-state index < -0.39 is 0 Å². The summed E-state index contributed by atoms with van der Waals surface area (Å²) >= 11 is 5.86. The van der Waals surface area contributed by atoms with Gasteiger partial charge in [-0.1, -0.05) is 65.8 Å². The van der Waals surface area contributed by atoms with Crippen LogP contribution in [0, 0.1) is 24.7 Å². The molecule has 0 fully saturated rings. The Labute approximate surface area is 175 Å². The van der Waals surface area contributed by atoms with Crippen LogP contribution < -0.4 is 0 Å². The predicted octanol–water partition coefficient (Wildman–Crippen LogP) is 9.47. The first-order chi connectivity index (χ1) is 12.5. The summed E-state index contributed by atoms with van der Waals surface area (Å²) in [4.78, 5) is 2.79.